The van der Waals surface area contributed by atoms with Gasteiger partial charge in [0, 0.05) is 30.2 Å². The molecule has 1 amide bonds. The van der Waals surface area contributed by atoms with E-state index in [0.717, 1.165) is 25.7 Å². The van der Waals surface area contributed by atoms with Crippen molar-refractivity contribution in [2.75, 3.05) is 28.6 Å². The molecule has 2 bridgehead atoms. The average Bonchev–Trinajstić information content (AvgIpc) is 3.18. The van der Waals surface area contributed by atoms with Crippen LogP contribution >= 0.6 is 0 Å². The van der Waals surface area contributed by atoms with E-state index < -0.39 is 35.8 Å². The number of fused-ring (bicyclic) bond motifs is 2. The molecule has 0 spiro atoms. The van der Waals surface area contributed by atoms with E-state index in [1.807, 2.05) is 0 Å². The zero-order valence-electron chi connectivity index (χ0n) is 21.5. The fraction of sp³-hybridized carbons (Fsp3) is 0.630. The number of hydrogen-bond donors (Lipinski definition) is 2. The minimum absolute atomic E-state index is 0.00867. The van der Waals surface area contributed by atoms with E-state index in [1.165, 1.54) is 18.9 Å². The summed E-state index contributed by atoms with van der Waals surface area (Å²) in [5.74, 6) is -0.487. The quantitative estimate of drug-likeness (QED) is 0.377. The number of carbonyl (C=O) groups is 1. The topological polar surface area (TPSA) is 70.4 Å². The minimum atomic E-state index is -4.58. The molecule has 0 unspecified atom stereocenters. The number of alkyl halides is 3. The van der Waals surface area contributed by atoms with Crippen LogP contribution in [0.1, 0.15) is 74.2 Å². The molecule has 10 heteroatoms. The van der Waals surface area contributed by atoms with Crippen LogP contribution in [-0.4, -0.2) is 36.2 Å². The number of nitrogens with zero attached hydrogens (tertiary/aromatic N) is 2. The van der Waals surface area contributed by atoms with Crippen LogP contribution in [0.3, 0.4) is 0 Å². The third kappa shape index (κ3) is 5.29. The lowest BCUT2D eigenvalue weighted by Gasteiger charge is -2.49. The molecule has 2 aromatic rings. The molecule has 4 fully saturated rings. The first-order valence-electron chi connectivity index (χ1n) is 13.2. The van der Waals surface area contributed by atoms with E-state index in [1.54, 1.807) is 17.9 Å². The van der Waals surface area contributed by atoms with Gasteiger partial charge < -0.3 is 20.0 Å². The second kappa shape index (κ2) is 9.51. The number of anilines is 3. The van der Waals surface area contributed by atoms with Crippen LogP contribution in [0.15, 0.2) is 16.5 Å². The van der Waals surface area contributed by atoms with Gasteiger partial charge in [-0.1, -0.05) is 13.8 Å². The number of aromatic nitrogens is 1. The van der Waals surface area contributed by atoms with Crippen molar-refractivity contribution < 1.29 is 26.8 Å². The van der Waals surface area contributed by atoms with Gasteiger partial charge in [-0.3, -0.25) is 4.79 Å². The minimum Gasteiger partial charge on any atom is -0.427 e. The second-order valence-corrected chi connectivity index (χ2v) is 11.2. The Morgan fingerprint density at radius 2 is 1.78 bits per heavy atom. The monoisotopic (exact) mass is 522 g/mol. The Kier molecular flexibility index (Phi) is 6.64. The molecule has 1 saturated heterocycles. The third-order valence-electron chi connectivity index (χ3n) is 8.55. The van der Waals surface area contributed by atoms with E-state index in [4.69, 9.17) is 4.42 Å². The molecule has 37 heavy (non-hydrogen) atoms. The molecule has 3 saturated carbocycles. The first-order valence-corrected chi connectivity index (χ1v) is 13.2. The number of rotatable bonds is 8. The summed E-state index contributed by atoms with van der Waals surface area (Å²) in [6.07, 6.45) is 0.456. The lowest BCUT2D eigenvalue weighted by molar-refractivity contribution is -0.130. The molecule has 0 radical (unpaired) electrons. The van der Waals surface area contributed by atoms with Crippen molar-refractivity contribution in [2.45, 2.75) is 77.9 Å². The van der Waals surface area contributed by atoms with Gasteiger partial charge in [0.1, 0.15) is 18.0 Å². The second-order valence-electron chi connectivity index (χ2n) is 11.2. The van der Waals surface area contributed by atoms with Gasteiger partial charge in [-0.2, -0.15) is 18.2 Å². The zero-order chi connectivity index (χ0) is 26.5. The predicted octanol–water partition coefficient (Wildman–Crippen LogP) is 6.71. The number of nitrogens with one attached hydrogen (secondary N) is 2. The summed E-state index contributed by atoms with van der Waals surface area (Å²) in [6, 6.07) is 3.04. The van der Waals surface area contributed by atoms with E-state index in [2.05, 4.69) is 29.5 Å². The van der Waals surface area contributed by atoms with Crippen LogP contribution in [0.4, 0.5) is 35.0 Å². The number of amides is 1. The highest BCUT2D eigenvalue weighted by Gasteiger charge is 2.43. The molecule has 4 aliphatic rings. The highest BCUT2D eigenvalue weighted by Crippen LogP contribution is 2.46. The maximum absolute atomic E-state index is 15.0. The number of carbonyl (C=O) groups excluding carboxylic acids is 1. The van der Waals surface area contributed by atoms with E-state index in [9.17, 15) is 18.0 Å². The van der Waals surface area contributed by atoms with Crippen LogP contribution in [0.5, 0.6) is 0 Å². The summed E-state index contributed by atoms with van der Waals surface area (Å²) < 4.78 is 60.2. The molecule has 1 aromatic carbocycles. The SMILES string of the molecule is CCC1(CC)CN(c2nc(C(=O)Nc3cc(C)c(NC4CC5CC(C5)C4)c(F)c3)c(CC(F)(F)F)o2)C1. The van der Waals surface area contributed by atoms with Crippen LogP contribution in [0.2, 0.25) is 0 Å². The average molecular weight is 523 g/mol. The summed E-state index contributed by atoms with van der Waals surface area (Å²) in [5, 5.41) is 5.85. The first kappa shape index (κ1) is 25.9. The van der Waals surface area contributed by atoms with Gasteiger partial charge in [0.25, 0.3) is 11.9 Å². The summed E-state index contributed by atoms with van der Waals surface area (Å²) in [6.45, 7) is 7.10. The van der Waals surface area contributed by atoms with Crippen molar-refractivity contribution in [3.63, 3.8) is 0 Å². The number of oxazole rings is 1. The highest BCUT2D eigenvalue weighted by molar-refractivity contribution is 6.04. The Bertz CT molecular complexity index is 1130. The van der Waals surface area contributed by atoms with E-state index >= 15 is 4.39 Å². The van der Waals surface area contributed by atoms with Gasteiger partial charge in [0.2, 0.25) is 0 Å². The van der Waals surface area contributed by atoms with Crippen molar-refractivity contribution in [1.29, 1.82) is 0 Å². The van der Waals surface area contributed by atoms with E-state index in [-0.39, 0.29) is 23.2 Å². The van der Waals surface area contributed by atoms with Gasteiger partial charge in [-0.15, -0.1) is 0 Å². The summed E-state index contributed by atoms with van der Waals surface area (Å²) in [5.41, 5.74) is 0.809. The zero-order valence-corrected chi connectivity index (χ0v) is 21.5. The fourth-order valence-electron chi connectivity index (χ4n) is 6.22. The molecule has 1 aliphatic heterocycles. The molecule has 202 valence electrons. The number of aryl methyl sites for hydroxylation is 1. The van der Waals surface area contributed by atoms with Gasteiger partial charge >= 0.3 is 6.18 Å². The van der Waals surface area contributed by atoms with Gasteiger partial charge in [-0.25, -0.2) is 4.39 Å². The molecule has 6 nitrogen and oxygen atoms in total. The molecular formula is C27H34F4N4O2. The van der Waals surface area contributed by atoms with Crippen LogP contribution in [-0.2, 0) is 6.42 Å². The first-order chi connectivity index (χ1) is 17.5. The normalized spacial score (nSPS) is 24.3. The van der Waals surface area contributed by atoms with Gasteiger partial charge in [0.15, 0.2) is 5.69 Å². The van der Waals surface area contributed by atoms with E-state index in [0.29, 0.717) is 36.2 Å². The largest absolute Gasteiger partial charge is 0.427 e. The molecule has 6 rings (SSSR count). The van der Waals surface area contributed by atoms with Crippen molar-refractivity contribution >= 4 is 23.3 Å². The van der Waals surface area contributed by atoms with Gasteiger partial charge in [-0.05, 0) is 75.0 Å². The number of halogens is 4. The molecule has 2 heterocycles. The standard InChI is InChI=1S/C27H34F4N4O2/c1-4-26(5-2)13-35(14-26)25-34-23(21(37-25)12-27(29,30)31)24(36)33-18-6-15(3)22(20(28)11-18)32-19-9-16-7-17(8-16)10-19/h6,11,16-17,19,32H,4-5,7-10,12-14H2,1-3H3,(H,33,36). The lowest BCUT2D eigenvalue weighted by atomic mass is 9.63. The maximum atomic E-state index is 15.0. The Hall–Kier alpha value is -2.78. The van der Waals surface area contributed by atoms with Crippen LogP contribution < -0.4 is 15.5 Å². The molecule has 2 N–H and O–H groups in total. The third-order valence-corrected chi connectivity index (χ3v) is 8.55. The van der Waals surface area contributed by atoms with Gasteiger partial charge in [0.05, 0.1) is 5.69 Å². The Labute approximate surface area is 214 Å². The summed E-state index contributed by atoms with van der Waals surface area (Å²) in [4.78, 5) is 18.9. The number of benzene rings is 1. The van der Waals surface area contributed by atoms with Crippen molar-refractivity contribution in [3.05, 3.63) is 35.0 Å². The van der Waals surface area contributed by atoms with Crippen molar-refractivity contribution in [2.24, 2.45) is 17.3 Å². The highest BCUT2D eigenvalue weighted by atomic mass is 19.4. The number of hydrogen-bond acceptors (Lipinski definition) is 5. The molecular weight excluding hydrogens is 488 g/mol. The Morgan fingerprint density at radius 1 is 1.14 bits per heavy atom. The molecule has 1 aromatic heterocycles. The summed E-state index contributed by atoms with van der Waals surface area (Å²) >= 11 is 0. The molecule has 3 aliphatic carbocycles. The molecule has 0 atom stereocenters. The maximum Gasteiger partial charge on any atom is 0.396 e. The van der Waals surface area contributed by atoms with Crippen LogP contribution in [0, 0.1) is 30.0 Å². The Morgan fingerprint density at radius 3 is 2.35 bits per heavy atom. The summed E-state index contributed by atoms with van der Waals surface area (Å²) in [7, 11) is 0. The van der Waals surface area contributed by atoms with Crippen LogP contribution in [0.25, 0.3) is 0 Å². The smallest absolute Gasteiger partial charge is 0.396 e. The Balaban J connectivity index is 1.32. The lowest BCUT2D eigenvalue weighted by Crippen LogP contribution is -2.56. The van der Waals surface area contributed by atoms with Crippen molar-refractivity contribution in [1.82, 2.24) is 4.98 Å². The van der Waals surface area contributed by atoms with Crippen molar-refractivity contribution in [3.8, 4) is 0 Å². The fourth-order valence-corrected chi connectivity index (χ4v) is 6.22. The predicted molar refractivity (Wildman–Crippen MR) is 133 cm³/mol.